The minimum atomic E-state index is -3.92. The van der Waals surface area contributed by atoms with Crippen LogP contribution in [0.3, 0.4) is 0 Å². The van der Waals surface area contributed by atoms with Gasteiger partial charge in [0.05, 0.1) is 105 Å². The van der Waals surface area contributed by atoms with E-state index in [4.69, 9.17) is 47.2 Å². The Balaban J connectivity index is 1.73. The Labute approximate surface area is 302 Å². The summed E-state index contributed by atoms with van der Waals surface area (Å²) < 4.78 is 79.1. The smallest absolute Gasteiger partial charge is 0.264 e. The Morgan fingerprint density at radius 3 is 1.16 bits per heavy atom. The Morgan fingerprint density at radius 1 is 0.440 bits per heavy atom. The van der Waals surface area contributed by atoms with Gasteiger partial charge in [0.15, 0.2) is 0 Å². The van der Waals surface area contributed by atoms with E-state index in [0.29, 0.717) is 106 Å². The quantitative estimate of drug-likeness (QED) is 0.0631. The van der Waals surface area contributed by atoms with Gasteiger partial charge in [0.1, 0.15) is 12.4 Å². The van der Waals surface area contributed by atoms with Crippen LogP contribution < -0.4 is 4.74 Å². The molecule has 0 aliphatic carbocycles. The Bertz CT molecular complexity index is 933. The molecule has 0 amide bonds. The average Bonchev–Trinajstić information content (AvgIpc) is 3.10. The molecule has 1 N–H and O–H groups in total. The molecule has 0 saturated heterocycles. The number of hydrogen-bond donors (Lipinski definition) is 1. The monoisotopic (exact) mass is 736 g/mol. The lowest BCUT2D eigenvalue weighted by Gasteiger charge is -2.09. The van der Waals surface area contributed by atoms with Crippen molar-refractivity contribution in [2.45, 2.75) is 84.0 Å². The van der Waals surface area contributed by atoms with Gasteiger partial charge >= 0.3 is 0 Å². The molecule has 0 spiro atoms. The molecule has 0 heterocycles. The van der Waals surface area contributed by atoms with Crippen molar-refractivity contribution in [2.75, 3.05) is 118 Å². The zero-order valence-electron chi connectivity index (χ0n) is 30.9. The summed E-state index contributed by atoms with van der Waals surface area (Å²) in [6.07, 6.45) is 15.0. The van der Waals surface area contributed by atoms with Crippen LogP contribution in [0.25, 0.3) is 0 Å². The van der Waals surface area contributed by atoms with Crippen molar-refractivity contribution in [1.29, 1.82) is 0 Å². The van der Waals surface area contributed by atoms with Crippen molar-refractivity contribution in [3.63, 3.8) is 0 Å². The second-order valence-electron chi connectivity index (χ2n) is 12.0. The van der Waals surface area contributed by atoms with Gasteiger partial charge in [-0.2, -0.15) is 8.42 Å². The van der Waals surface area contributed by atoms with Crippen LogP contribution in [0.1, 0.15) is 83.1 Å². The predicted molar refractivity (Wildman–Crippen MR) is 195 cm³/mol. The highest BCUT2D eigenvalue weighted by Gasteiger charge is 2.03. The van der Waals surface area contributed by atoms with Crippen LogP contribution in [0, 0.1) is 0 Å². The first-order valence-electron chi connectivity index (χ1n) is 18.8. The predicted octanol–water partition coefficient (Wildman–Crippen LogP) is 5.94. The molecule has 1 aromatic carbocycles. The number of rotatable bonds is 40. The standard InChI is InChI=1S/C37H68O12S/c1-2-3-4-5-6-7-8-9-10-11-13-36-14-16-37(17-15-36)49-34-33-48-32-31-47-30-29-46-28-27-45-26-25-44-24-23-43-22-21-42-20-19-41-18-12-35-50(38,39)40/h14-17H,2-13,18-35H2,1H3,(H,38,39,40). The van der Waals surface area contributed by atoms with Crippen molar-refractivity contribution in [3.8, 4) is 5.75 Å². The zero-order chi connectivity index (χ0) is 36.1. The lowest BCUT2D eigenvalue weighted by molar-refractivity contribution is -0.0236. The minimum Gasteiger partial charge on any atom is -0.491 e. The molecular weight excluding hydrogens is 668 g/mol. The van der Waals surface area contributed by atoms with Crippen molar-refractivity contribution < 1.29 is 55.6 Å². The fourth-order valence-corrected chi connectivity index (χ4v) is 5.25. The number of aryl methyl sites for hydroxylation is 1. The van der Waals surface area contributed by atoms with Gasteiger partial charge in [-0.25, -0.2) is 0 Å². The van der Waals surface area contributed by atoms with E-state index in [9.17, 15) is 8.42 Å². The van der Waals surface area contributed by atoms with Crippen LogP contribution >= 0.6 is 0 Å². The largest absolute Gasteiger partial charge is 0.491 e. The molecule has 0 aliphatic rings. The summed E-state index contributed by atoms with van der Waals surface area (Å²) in [7, 11) is -3.92. The molecule has 0 fully saturated rings. The summed E-state index contributed by atoms with van der Waals surface area (Å²) >= 11 is 0. The maximum absolute atomic E-state index is 10.6. The highest BCUT2D eigenvalue weighted by molar-refractivity contribution is 7.85. The molecule has 13 heteroatoms. The third-order valence-corrected chi connectivity index (χ3v) is 8.34. The number of unbranched alkanes of at least 4 members (excludes halogenated alkanes) is 9. The van der Waals surface area contributed by atoms with Crippen molar-refractivity contribution in [1.82, 2.24) is 0 Å². The van der Waals surface area contributed by atoms with Gasteiger partial charge in [-0.15, -0.1) is 0 Å². The summed E-state index contributed by atoms with van der Waals surface area (Å²) in [6.45, 7) is 10.1. The zero-order valence-corrected chi connectivity index (χ0v) is 31.7. The highest BCUT2D eigenvalue weighted by atomic mass is 32.2. The molecule has 0 atom stereocenters. The first kappa shape index (κ1) is 46.6. The van der Waals surface area contributed by atoms with Crippen LogP contribution in [0.4, 0.5) is 0 Å². The summed E-state index contributed by atoms with van der Waals surface area (Å²) in [5.41, 5.74) is 1.38. The summed E-state index contributed by atoms with van der Waals surface area (Å²) in [5, 5.41) is 0. The van der Waals surface area contributed by atoms with Gasteiger partial charge in [-0.1, -0.05) is 76.8 Å². The van der Waals surface area contributed by atoms with E-state index in [0.717, 1.165) is 12.2 Å². The van der Waals surface area contributed by atoms with Crippen molar-refractivity contribution in [2.24, 2.45) is 0 Å². The topological polar surface area (TPSA) is 137 Å². The van der Waals surface area contributed by atoms with Crippen LogP contribution in [0.2, 0.25) is 0 Å². The first-order chi connectivity index (χ1) is 24.5. The molecule has 0 unspecified atom stereocenters. The van der Waals surface area contributed by atoms with E-state index >= 15 is 0 Å². The van der Waals surface area contributed by atoms with Gasteiger partial charge in [-0.05, 0) is 37.0 Å². The molecule has 50 heavy (non-hydrogen) atoms. The van der Waals surface area contributed by atoms with Crippen LogP contribution in [-0.4, -0.2) is 131 Å². The van der Waals surface area contributed by atoms with Gasteiger partial charge in [0.25, 0.3) is 10.1 Å². The fourth-order valence-electron chi connectivity index (χ4n) is 4.77. The molecule has 1 rings (SSSR count). The SMILES string of the molecule is CCCCCCCCCCCCc1ccc(OCCOCCOCCOCCOCCOCCOCCOCCOCCCS(=O)(=O)O)cc1. The maximum atomic E-state index is 10.6. The summed E-state index contributed by atoms with van der Waals surface area (Å²) in [4.78, 5) is 0. The van der Waals surface area contributed by atoms with Crippen LogP contribution in [-0.2, 0) is 54.4 Å². The van der Waals surface area contributed by atoms with E-state index < -0.39 is 10.1 Å². The van der Waals surface area contributed by atoms with Gasteiger partial charge in [0, 0.05) is 6.61 Å². The number of benzene rings is 1. The van der Waals surface area contributed by atoms with Gasteiger partial charge < -0.3 is 42.6 Å². The summed E-state index contributed by atoms with van der Waals surface area (Å²) in [6, 6.07) is 8.46. The molecule has 0 bridgehead atoms. The van der Waals surface area contributed by atoms with Crippen molar-refractivity contribution >= 4 is 10.1 Å². The highest BCUT2D eigenvalue weighted by Crippen LogP contribution is 2.16. The van der Waals surface area contributed by atoms with E-state index in [1.807, 2.05) is 0 Å². The van der Waals surface area contributed by atoms with E-state index in [-0.39, 0.29) is 18.8 Å². The van der Waals surface area contributed by atoms with Crippen LogP contribution in [0.5, 0.6) is 5.75 Å². The normalized spacial score (nSPS) is 11.8. The third-order valence-electron chi connectivity index (χ3n) is 7.53. The number of ether oxygens (including phenoxy) is 9. The third kappa shape index (κ3) is 35.0. The molecule has 0 aromatic heterocycles. The Hall–Kier alpha value is -1.39. The van der Waals surface area contributed by atoms with Crippen LogP contribution in [0.15, 0.2) is 24.3 Å². The fraction of sp³-hybridized carbons (Fsp3) is 0.838. The molecule has 0 radical (unpaired) electrons. The van der Waals surface area contributed by atoms with E-state index in [2.05, 4.69) is 31.2 Å². The first-order valence-corrected chi connectivity index (χ1v) is 20.4. The summed E-state index contributed by atoms with van der Waals surface area (Å²) in [5.74, 6) is 0.581. The van der Waals surface area contributed by atoms with Crippen molar-refractivity contribution in [3.05, 3.63) is 29.8 Å². The second kappa shape index (κ2) is 36.0. The lowest BCUT2D eigenvalue weighted by atomic mass is 10.0. The van der Waals surface area contributed by atoms with E-state index in [1.54, 1.807) is 0 Å². The molecular formula is C37H68O12S. The van der Waals surface area contributed by atoms with Gasteiger partial charge in [0.2, 0.25) is 0 Å². The molecule has 12 nitrogen and oxygen atoms in total. The van der Waals surface area contributed by atoms with Gasteiger partial charge in [-0.3, -0.25) is 4.55 Å². The average molecular weight is 737 g/mol. The lowest BCUT2D eigenvalue weighted by Crippen LogP contribution is -2.15. The maximum Gasteiger partial charge on any atom is 0.264 e. The second-order valence-corrected chi connectivity index (χ2v) is 13.5. The Morgan fingerprint density at radius 2 is 0.780 bits per heavy atom. The minimum absolute atomic E-state index is 0.251. The molecule has 1 aromatic rings. The molecule has 0 saturated carbocycles. The van der Waals surface area contributed by atoms with E-state index in [1.165, 1.54) is 69.8 Å². The Kier molecular flexibility index (Phi) is 33.6. The molecule has 294 valence electrons. The number of hydrogen-bond acceptors (Lipinski definition) is 11. The molecule has 0 aliphatic heterocycles.